The second-order valence-corrected chi connectivity index (χ2v) is 6.07. The van der Waals surface area contributed by atoms with Crippen LogP contribution >= 0.6 is 0 Å². The molecule has 2 aliphatic rings. The van der Waals surface area contributed by atoms with Crippen molar-refractivity contribution in [1.82, 2.24) is 0 Å². The molecule has 0 atom stereocenters. The number of benzene rings is 1. The minimum Gasteiger partial charge on any atom is -0.390 e. The number of aliphatic hydroxyl groups is 1. The minimum absolute atomic E-state index is 0.435. The fraction of sp³-hybridized carbons (Fsp3) is 0.562. The number of rotatable bonds is 3. The van der Waals surface area contributed by atoms with Crippen LogP contribution in [0.1, 0.15) is 41.6 Å². The number of amides is 1. The minimum atomic E-state index is -0.727. The lowest BCUT2D eigenvalue weighted by atomic mass is 9.78. The molecular weight excluding hydrogens is 270 g/mol. The molecule has 0 unspecified atom stereocenters. The number of nitrogens with two attached hydrogens (primary N) is 1. The van der Waals surface area contributed by atoms with Crippen molar-refractivity contribution in [3.8, 4) is 0 Å². The van der Waals surface area contributed by atoms with Gasteiger partial charge in [-0.15, -0.1) is 0 Å². The van der Waals surface area contributed by atoms with E-state index in [1.807, 2.05) is 12.1 Å². The highest BCUT2D eigenvalue weighted by Gasteiger charge is 2.45. The van der Waals surface area contributed by atoms with Gasteiger partial charge in [0.05, 0.1) is 18.8 Å². The molecule has 21 heavy (non-hydrogen) atoms. The topological polar surface area (TPSA) is 81.8 Å². The molecule has 1 aliphatic carbocycles. The summed E-state index contributed by atoms with van der Waals surface area (Å²) in [6, 6.07) is 7.11. The molecule has 0 radical (unpaired) electrons. The largest absolute Gasteiger partial charge is 0.390 e. The Kier molecular flexibility index (Phi) is 3.73. The van der Waals surface area contributed by atoms with Crippen LogP contribution in [0.5, 0.6) is 0 Å². The Morgan fingerprint density at radius 3 is 2.19 bits per heavy atom. The first kappa shape index (κ1) is 14.5. The summed E-state index contributed by atoms with van der Waals surface area (Å²) in [7, 11) is 0. The molecule has 5 nitrogen and oxygen atoms in total. The second-order valence-electron chi connectivity index (χ2n) is 6.07. The van der Waals surface area contributed by atoms with Crippen LogP contribution in [0.4, 0.5) is 0 Å². The van der Waals surface area contributed by atoms with Gasteiger partial charge in [-0.3, -0.25) is 4.79 Å². The predicted molar refractivity (Wildman–Crippen MR) is 76.7 cm³/mol. The van der Waals surface area contributed by atoms with E-state index in [0.29, 0.717) is 38.0 Å². The van der Waals surface area contributed by atoms with Gasteiger partial charge in [0.25, 0.3) is 0 Å². The highest BCUT2D eigenvalue weighted by molar-refractivity contribution is 5.92. The first-order valence-electron chi connectivity index (χ1n) is 7.39. The van der Waals surface area contributed by atoms with E-state index >= 15 is 0 Å². The van der Waals surface area contributed by atoms with E-state index in [-0.39, 0.29) is 0 Å². The van der Waals surface area contributed by atoms with E-state index in [1.165, 1.54) is 0 Å². The van der Waals surface area contributed by atoms with Crippen molar-refractivity contribution in [1.29, 1.82) is 0 Å². The molecule has 1 aromatic rings. The van der Waals surface area contributed by atoms with E-state index in [0.717, 1.165) is 18.4 Å². The lowest BCUT2D eigenvalue weighted by molar-refractivity contribution is -0.202. The second kappa shape index (κ2) is 5.40. The molecule has 1 amide bonds. The van der Waals surface area contributed by atoms with Crippen molar-refractivity contribution in [2.45, 2.75) is 43.5 Å². The summed E-state index contributed by atoms with van der Waals surface area (Å²) in [6.07, 6.45) is 3.34. The molecule has 114 valence electrons. The van der Waals surface area contributed by atoms with E-state index in [2.05, 4.69) is 0 Å². The average Bonchev–Trinajstić information content (AvgIpc) is 2.92. The molecule has 3 N–H and O–H groups in total. The molecule has 2 fully saturated rings. The van der Waals surface area contributed by atoms with Crippen LogP contribution in [-0.2, 0) is 15.9 Å². The summed E-state index contributed by atoms with van der Waals surface area (Å²) in [6.45, 7) is 1.29. The number of hydrogen-bond acceptors (Lipinski definition) is 4. The van der Waals surface area contributed by atoms with Crippen LogP contribution in [0.15, 0.2) is 24.3 Å². The SMILES string of the molecule is NC(=O)c1ccc(CC2(O)CCC3(CC2)OCCO3)cc1. The van der Waals surface area contributed by atoms with Crippen LogP contribution < -0.4 is 5.73 Å². The van der Waals surface area contributed by atoms with Gasteiger partial charge in [-0.25, -0.2) is 0 Å². The molecule has 0 aromatic heterocycles. The van der Waals surface area contributed by atoms with Crippen molar-refractivity contribution in [2.24, 2.45) is 5.73 Å². The zero-order chi connectivity index (χ0) is 14.9. The van der Waals surface area contributed by atoms with Crippen molar-refractivity contribution in [2.75, 3.05) is 13.2 Å². The van der Waals surface area contributed by atoms with Gasteiger partial charge in [0.1, 0.15) is 0 Å². The van der Waals surface area contributed by atoms with Crippen molar-refractivity contribution in [3.63, 3.8) is 0 Å². The standard InChI is InChI=1S/C16H21NO4/c17-14(18)13-3-1-12(2-4-13)11-15(19)5-7-16(8-6-15)20-9-10-21-16/h1-4,19H,5-11H2,(H2,17,18). The fourth-order valence-corrected chi connectivity index (χ4v) is 3.23. The van der Waals surface area contributed by atoms with E-state index < -0.39 is 17.3 Å². The number of primary amides is 1. The molecule has 1 aliphatic heterocycles. The molecule has 1 aromatic carbocycles. The molecular formula is C16H21NO4. The number of carbonyl (C=O) groups is 1. The van der Waals surface area contributed by atoms with Crippen LogP contribution in [0.25, 0.3) is 0 Å². The van der Waals surface area contributed by atoms with Gasteiger partial charge in [0, 0.05) is 24.8 Å². The Bertz CT molecular complexity index is 510. The Labute approximate surface area is 124 Å². The zero-order valence-electron chi connectivity index (χ0n) is 12.0. The van der Waals surface area contributed by atoms with E-state index in [1.54, 1.807) is 12.1 Å². The van der Waals surface area contributed by atoms with Gasteiger partial charge >= 0.3 is 0 Å². The highest BCUT2D eigenvalue weighted by atomic mass is 16.7. The van der Waals surface area contributed by atoms with Gasteiger partial charge in [0.15, 0.2) is 5.79 Å². The predicted octanol–water partition coefficient (Wildman–Crippen LogP) is 1.38. The molecule has 3 rings (SSSR count). The summed E-state index contributed by atoms with van der Waals surface area (Å²) >= 11 is 0. The maximum absolute atomic E-state index is 11.1. The van der Waals surface area contributed by atoms with E-state index in [4.69, 9.17) is 15.2 Å². The fourth-order valence-electron chi connectivity index (χ4n) is 3.23. The summed E-state index contributed by atoms with van der Waals surface area (Å²) in [5.41, 5.74) is 5.99. The summed E-state index contributed by atoms with van der Waals surface area (Å²) in [4.78, 5) is 11.1. The molecule has 5 heteroatoms. The molecule has 1 heterocycles. The van der Waals surface area contributed by atoms with Crippen molar-refractivity contribution < 1.29 is 19.4 Å². The maximum atomic E-state index is 11.1. The maximum Gasteiger partial charge on any atom is 0.248 e. The monoisotopic (exact) mass is 291 g/mol. The third kappa shape index (κ3) is 3.10. The van der Waals surface area contributed by atoms with Crippen molar-refractivity contribution in [3.05, 3.63) is 35.4 Å². The van der Waals surface area contributed by atoms with Crippen LogP contribution in [0, 0.1) is 0 Å². The Balaban J connectivity index is 1.63. The smallest absolute Gasteiger partial charge is 0.248 e. The zero-order valence-corrected chi connectivity index (χ0v) is 12.0. The summed E-state index contributed by atoms with van der Waals surface area (Å²) < 4.78 is 11.4. The van der Waals surface area contributed by atoms with E-state index in [9.17, 15) is 9.90 Å². The normalized spacial score (nSPS) is 23.3. The van der Waals surface area contributed by atoms with Gasteiger partial charge in [0.2, 0.25) is 5.91 Å². The van der Waals surface area contributed by atoms with Crippen LogP contribution in [0.3, 0.4) is 0 Å². The first-order chi connectivity index (χ1) is 10.0. The Hall–Kier alpha value is -1.43. The molecule has 0 bridgehead atoms. The van der Waals surface area contributed by atoms with Crippen molar-refractivity contribution >= 4 is 5.91 Å². The van der Waals surface area contributed by atoms with Crippen LogP contribution in [0.2, 0.25) is 0 Å². The van der Waals surface area contributed by atoms with Crippen LogP contribution in [-0.4, -0.2) is 35.6 Å². The van der Waals surface area contributed by atoms with Gasteiger partial charge < -0.3 is 20.3 Å². The summed E-state index contributed by atoms with van der Waals surface area (Å²) in [5, 5.41) is 10.7. The number of ether oxygens (including phenoxy) is 2. The molecule has 1 saturated carbocycles. The first-order valence-corrected chi connectivity index (χ1v) is 7.39. The molecule has 1 spiro atoms. The Morgan fingerprint density at radius 1 is 1.10 bits per heavy atom. The number of carbonyl (C=O) groups excluding carboxylic acids is 1. The Morgan fingerprint density at radius 2 is 1.67 bits per heavy atom. The molecule has 1 saturated heterocycles. The quantitative estimate of drug-likeness (QED) is 0.881. The lowest BCUT2D eigenvalue weighted by Crippen LogP contribution is -2.44. The van der Waals surface area contributed by atoms with Gasteiger partial charge in [-0.1, -0.05) is 12.1 Å². The lowest BCUT2D eigenvalue weighted by Gasteiger charge is -2.40. The average molecular weight is 291 g/mol. The van der Waals surface area contributed by atoms with Gasteiger partial charge in [-0.05, 0) is 30.5 Å². The highest BCUT2D eigenvalue weighted by Crippen LogP contribution is 2.41. The third-order valence-electron chi connectivity index (χ3n) is 4.53. The summed E-state index contributed by atoms with van der Waals surface area (Å²) in [5.74, 6) is -0.891. The van der Waals surface area contributed by atoms with Gasteiger partial charge in [-0.2, -0.15) is 0 Å². The number of hydrogen-bond donors (Lipinski definition) is 2. The third-order valence-corrected chi connectivity index (χ3v) is 4.53.